The van der Waals surface area contributed by atoms with Gasteiger partial charge in [0.25, 0.3) is 0 Å². The summed E-state index contributed by atoms with van der Waals surface area (Å²) in [5, 5.41) is 2.91. The van der Waals surface area contributed by atoms with Crippen LogP contribution >= 0.6 is 0 Å². The molecule has 19 heavy (non-hydrogen) atoms. The maximum absolute atomic E-state index is 11.8. The zero-order valence-corrected chi connectivity index (χ0v) is 11.2. The Labute approximate surface area is 114 Å². The molecule has 1 aromatic carbocycles. The summed E-state index contributed by atoms with van der Waals surface area (Å²) >= 11 is 0. The molecule has 1 amide bonds. The zero-order chi connectivity index (χ0) is 13.5. The van der Waals surface area contributed by atoms with E-state index in [1.807, 2.05) is 30.3 Å². The van der Waals surface area contributed by atoms with E-state index in [4.69, 9.17) is 10.5 Å². The summed E-state index contributed by atoms with van der Waals surface area (Å²) < 4.78 is 5.51. The van der Waals surface area contributed by atoms with E-state index in [0.717, 1.165) is 24.8 Å². The van der Waals surface area contributed by atoms with Crippen molar-refractivity contribution >= 4 is 5.91 Å². The Morgan fingerprint density at radius 2 is 2.11 bits per heavy atom. The smallest absolute Gasteiger partial charge is 0.223 e. The second-order valence-electron chi connectivity index (χ2n) is 5.10. The number of hydrogen-bond acceptors (Lipinski definition) is 3. The fourth-order valence-electron chi connectivity index (χ4n) is 2.41. The van der Waals surface area contributed by atoms with E-state index in [1.165, 1.54) is 0 Å². The van der Waals surface area contributed by atoms with E-state index in [2.05, 4.69) is 5.32 Å². The molecule has 0 spiro atoms. The monoisotopic (exact) mass is 262 g/mol. The summed E-state index contributed by atoms with van der Waals surface area (Å²) in [4.78, 5) is 11.8. The molecular weight excluding hydrogens is 240 g/mol. The van der Waals surface area contributed by atoms with Crippen molar-refractivity contribution in [2.75, 3.05) is 13.2 Å². The Kier molecular flexibility index (Phi) is 5.36. The Morgan fingerprint density at radius 1 is 1.32 bits per heavy atom. The molecule has 0 saturated heterocycles. The summed E-state index contributed by atoms with van der Waals surface area (Å²) in [5.74, 6) is 0.223. The highest BCUT2D eigenvalue weighted by molar-refractivity contribution is 5.78. The van der Waals surface area contributed by atoms with Gasteiger partial charge in [0.05, 0.1) is 13.2 Å². The average Bonchev–Trinajstić information content (AvgIpc) is 2.86. The molecule has 0 heterocycles. The van der Waals surface area contributed by atoms with Gasteiger partial charge in [0.2, 0.25) is 5.91 Å². The minimum absolute atomic E-state index is 0.101. The van der Waals surface area contributed by atoms with Crippen LogP contribution in [0.1, 0.15) is 24.8 Å². The minimum Gasteiger partial charge on any atom is -0.375 e. The standard InChI is InChI=1S/C15H22N2O2/c16-14-7-6-13(10-14)15(18)17-8-9-19-11-12-4-2-1-3-5-12/h1-5,13-14H,6-11,16H2,(H,17,18)/t13-,14+/m0/s1. The van der Waals surface area contributed by atoms with Crippen molar-refractivity contribution in [3.63, 3.8) is 0 Å². The number of rotatable bonds is 6. The van der Waals surface area contributed by atoms with Crippen molar-refractivity contribution in [1.29, 1.82) is 0 Å². The molecule has 3 N–H and O–H groups in total. The highest BCUT2D eigenvalue weighted by atomic mass is 16.5. The van der Waals surface area contributed by atoms with Gasteiger partial charge in [-0.1, -0.05) is 30.3 Å². The SMILES string of the molecule is N[C@@H]1CC[C@H](C(=O)NCCOCc2ccccc2)C1. The molecule has 0 radical (unpaired) electrons. The Balaban J connectivity index is 1.56. The molecule has 2 rings (SSSR count). The number of ether oxygens (including phenoxy) is 1. The summed E-state index contributed by atoms with van der Waals surface area (Å²) in [6, 6.07) is 10.2. The first-order valence-corrected chi connectivity index (χ1v) is 6.90. The molecular formula is C15H22N2O2. The minimum atomic E-state index is 0.101. The van der Waals surface area contributed by atoms with Gasteiger partial charge in [0.15, 0.2) is 0 Å². The molecule has 4 nitrogen and oxygen atoms in total. The number of carbonyl (C=O) groups excluding carboxylic acids is 1. The van der Waals surface area contributed by atoms with E-state index in [1.54, 1.807) is 0 Å². The van der Waals surface area contributed by atoms with Gasteiger partial charge in [-0.15, -0.1) is 0 Å². The molecule has 4 heteroatoms. The fourth-order valence-corrected chi connectivity index (χ4v) is 2.41. The predicted octanol–water partition coefficient (Wildman–Crippen LogP) is 1.45. The lowest BCUT2D eigenvalue weighted by Crippen LogP contribution is -2.32. The van der Waals surface area contributed by atoms with Crippen molar-refractivity contribution in [1.82, 2.24) is 5.32 Å². The zero-order valence-electron chi connectivity index (χ0n) is 11.2. The highest BCUT2D eigenvalue weighted by Crippen LogP contribution is 2.23. The quantitative estimate of drug-likeness (QED) is 0.763. The maximum Gasteiger partial charge on any atom is 0.223 e. The first-order valence-electron chi connectivity index (χ1n) is 6.90. The van der Waals surface area contributed by atoms with Crippen LogP contribution < -0.4 is 11.1 Å². The fraction of sp³-hybridized carbons (Fsp3) is 0.533. The van der Waals surface area contributed by atoms with Crippen molar-refractivity contribution < 1.29 is 9.53 Å². The van der Waals surface area contributed by atoms with Crippen LogP contribution in [0.25, 0.3) is 0 Å². The van der Waals surface area contributed by atoms with E-state index in [9.17, 15) is 4.79 Å². The van der Waals surface area contributed by atoms with Crippen LogP contribution in [-0.2, 0) is 16.1 Å². The van der Waals surface area contributed by atoms with Crippen molar-refractivity contribution in [2.24, 2.45) is 11.7 Å². The third kappa shape index (κ3) is 4.65. The van der Waals surface area contributed by atoms with Crippen LogP contribution in [0, 0.1) is 5.92 Å². The molecule has 1 aromatic rings. The first kappa shape index (κ1) is 14.0. The van der Waals surface area contributed by atoms with Gasteiger partial charge in [0.1, 0.15) is 0 Å². The summed E-state index contributed by atoms with van der Waals surface area (Å²) in [5.41, 5.74) is 6.95. The summed E-state index contributed by atoms with van der Waals surface area (Å²) in [6.45, 7) is 1.70. The van der Waals surface area contributed by atoms with Gasteiger partial charge in [-0.3, -0.25) is 4.79 Å². The van der Waals surface area contributed by atoms with E-state index >= 15 is 0 Å². The van der Waals surface area contributed by atoms with Crippen LogP contribution in [0.4, 0.5) is 0 Å². The molecule has 0 aliphatic heterocycles. The van der Waals surface area contributed by atoms with Gasteiger partial charge >= 0.3 is 0 Å². The predicted molar refractivity (Wildman–Crippen MR) is 74.4 cm³/mol. The van der Waals surface area contributed by atoms with Gasteiger partial charge in [-0.05, 0) is 24.8 Å². The van der Waals surface area contributed by atoms with Crippen molar-refractivity contribution in [3.05, 3.63) is 35.9 Å². The number of nitrogens with two attached hydrogens (primary N) is 1. The molecule has 0 unspecified atom stereocenters. The Hall–Kier alpha value is -1.39. The lowest BCUT2D eigenvalue weighted by Gasteiger charge is -2.11. The maximum atomic E-state index is 11.8. The molecule has 2 atom stereocenters. The normalized spacial score (nSPS) is 22.4. The number of benzene rings is 1. The average molecular weight is 262 g/mol. The van der Waals surface area contributed by atoms with E-state index in [-0.39, 0.29) is 17.9 Å². The van der Waals surface area contributed by atoms with Gasteiger partial charge in [-0.2, -0.15) is 0 Å². The molecule has 104 valence electrons. The number of hydrogen-bond donors (Lipinski definition) is 2. The molecule has 1 aliphatic carbocycles. The molecule has 1 aliphatic rings. The number of nitrogens with one attached hydrogen (secondary N) is 1. The largest absolute Gasteiger partial charge is 0.375 e. The van der Waals surface area contributed by atoms with E-state index < -0.39 is 0 Å². The highest BCUT2D eigenvalue weighted by Gasteiger charge is 2.27. The van der Waals surface area contributed by atoms with Crippen molar-refractivity contribution in [3.8, 4) is 0 Å². The van der Waals surface area contributed by atoms with Gasteiger partial charge < -0.3 is 15.8 Å². The number of amides is 1. The summed E-state index contributed by atoms with van der Waals surface area (Å²) in [6.07, 6.45) is 2.69. The third-order valence-corrected chi connectivity index (χ3v) is 3.50. The lowest BCUT2D eigenvalue weighted by atomic mass is 10.1. The molecule has 1 saturated carbocycles. The second kappa shape index (κ2) is 7.26. The molecule has 1 fully saturated rings. The number of carbonyl (C=O) groups is 1. The lowest BCUT2D eigenvalue weighted by molar-refractivity contribution is -0.125. The van der Waals surface area contributed by atoms with Crippen LogP contribution in [0.2, 0.25) is 0 Å². The van der Waals surface area contributed by atoms with Crippen molar-refractivity contribution in [2.45, 2.75) is 31.9 Å². The van der Waals surface area contributed by atoms with Crippen LogP contribution in [-0.4, -0.2) is 25.1 Å². The van der Waals surface area contributed by atoms with Crippen LogP contribution in [0.5, 0.6) is 0 Å². The van der Waals surface area contributed by atoms with Crippen LogP contribution in [0.3, 0.4) is 0 Å². The summed E-state index contributed by atoms with van der Waals surface area (Å²) in [7, 11) is 0. The van der Waals surface area contributed by atoms with Gasteiger partial charge in [0, 0.05) is 18.5 Å². The molecule has 0 bridgehead atoms. The second-order valence-corrected chi connectivity index (χ2v) is 5.10. The van der Waals surface area contributed by atoms with E-state index in [0.29, 0.717) is 19.8 Å². The van der Waals surface area contributed by atoms with Crippen LogP contribution in [0.15, 0.2) is 30.3 Å². The van der Waals surface area contributed by atoms with Gasteiger partial charge in [-0.25, -0.2) is 0 Å². The third-order valence-electron chi connectivity index (χ3n) is 3.50. The Morgan fingerprint density at radius 3 is 2.79 bits per heavy atom. The first-order chi connectivity index (χ1) is 9.25. The molecule has 0 aromatic heterocycles. The Bertz CT molecular complexity index is 394. The topological polar surface area (TPSA) is 64.4 Å².